The molecule has 0 bridgehead atoms. The molecule has 1 aliphatic heterocycles. The van der Waals surface area contributed by atoms with Crippen molar-refractivity contribution in [2.45, 2.75) is 54.1 Å². The molecule has 3 N–H and O–H groups in total. The molecule has 274 valence electrons. The molecule has 6 aromatic rings. The van der Waals surface area contributed by atoms with Gasteiger partial charge in [0.2, 0.25) is 0 Å². The monoisotopic (exact) mass is 732 g/mol. The van der Waals surface area contributed by atoms with Gasteiger partial charge < -0.3 is 25.1 Å². The van der Waals surface area contributed by atoms with E-state index in [9.17, 15) is 20.1 Å². The van der Waals surface area contributed by atoms with Crippen molar-refractivity contribution in [3.05, 3.63) is 100 Å². The summed E-state index contributed by atoms with van der Waals surface area (Å²) >= 11 is 6.24. The Hall–Kier alpha value is -5.32. The van der Waals surface area contributed by atoms with Crippen LogP contribution in [0.1, 0.15) is 42.5 Å². The molecule has 4 aromatic carbocycles. The SMILES string of the molecule is Cc1ccc2c(Cl)nc(-c3c(C)cccc3O)nc2c1.Cc1ccc2c(N3CCN(C(=O)[C@H](O)CC(C)C)CC3)nc(-c3c(C)cccc3O)nc2c1. The molecule has 1 aliphatic rings. The van der Waals surface area contributed by atoms with E-state index in [0.717, 1.165) is 49.9 Å². The molecule has 1 fully saturated rings. The number of carbonyl (C=O) groups is 1. The van der Waals surface area contributed by atoms with Gasteiger partial charge >= 0.3 is 0 Å². The van der Waals surface area contributed by atoms with Crippen LogP contribution in [0.2, 0.25) is 5.15 Å². The van der Waals surface area contributed by atoms with Crippen LogP contribution >= 0.6 is 11.6 Å². The van der Waals surface area contributed by atoms with Crippen LogP contribution < -0.4 is 4.90 Å². The summed E-state index contributed by atoms with van der Waals surface area (Å²) in [5.41, 5.74) is 6.88. The summed E-state index contributed by atoms with van der Waals surface area (Å²) in [6, 6.07) is 22.7. The number of aromatic nitrogens is 4. The van der Waals surface area contributed by atoms with Crippen molar-refractivity contribution in [2.24, 2.45) is 5.92 Å². The van der Waals surface area contributed by atoms with E-state index in [1.54, 1.807) is 23.1 Å². The molecule has 10 nitrogen and oxygen atoms in total. The number of nitrogens with zero attached hydrogens (tertiary/aromatic N) is 6. The number of fused-ring (bicyclic) bond motifs is 2. The highest BCUT2D eigenvalue weighted by molar-refractivity contribution is 6.34. The maximum atomic E-state index is 12.6. The van der Waals surface area contributed by atoms with E-state index in [1.807, 2.05) is 96.1 Å². The zero-order valence-electron chi connectivity index (χ0n) is 30.9. The normalized spacial score (nSPS) is 13.7. The summed E-state index contributed by atoms with van der Waals surface area (Å²) in [6.45, 7) is 14.1. The Kier molecular flexibility index (Phi) is 11.1. The van der Waals surface area contributed by atoms with Gasteiger partial charge in [0, 0.05) is 37.0 Å². The summed E-state index contributed by atoms with van der Waals surface area (Å²) in [6.07, 6.45) is -0.479. The second-order valence-electron chi connectivity index (χ2n) is 14.1. The van der Waals surface area contributed by atoms with Crippen LogP contribution in [0.4, 0.5) is 5.82 Å². The summed E-state index contributed by atoms with van der Waals surface area (Å²) in [4.78, 5) is 35.1. The van der Waals surface area contributed by atoms with Crippen molar-refractivity contribution in [1.29, 1.82) is 0 Å². The van der Waals surface area contributed by atoms with E-state index in [1.165, 1.54) is 0 Å². The lowest BCUT2D eigenvalue weighted by Gasteiger charge is -2.37. The number of hydrogen-bond donors (Lipinski definition) is 3. The average Bonchev–Trinajstić information content (AvgIpc) is 3.10. The minimum absolute atomic E-state index is 0.155. The lowest BCUT2D eigenvalue weighted by atomic mass is 10.0. The number of anilines is 1. The fraction of sp³-hybridized carbons (Fsp3) is 0.310. The summed E-state index contributed by atoms with van der Waals surface area (Å²) < 4.78 is 0. The zero-order chi connectivity index (χ0) is 38.0. The van der Waals surface area contributed by atoms with E-state index >= 15 is 0 Å². The van der Waals surface area contributed by atoms with Crippen LogP contribution in [0.3, 0.4) is 0 Å². The smallest absolute Gasteiger partial charge is 0.251 e. The Morgan fingerprint density at radius 3 is 1.75 bits per heavy atom. The number of piperazine rings is 1. The molecular formula is C42H45ClN6O4. The third-order valence-corrected chi connectivity index (χ3v) is 9.75. The summed E-state index contributed by atoms with van der Waals surface area (Å²) in [7, 11) is 0. The third-order valence-electron chi connectivity index (χ3n) is 9.46. The molecule has 53 heavy (non-hydrogen) atoms. The Morgan fingerprint density at radius 1 is 0.717 bits per heavy atom. The van der Waals surface area contributed by atoms with E-state index in [2.05, 4.69) is 14.9 Å². The second kappa shape index (κ2) is 15.7. The van der Waals surface area contributed by atoms with E-state index in [0.29, 0.717) is 60.5 Å². The number of aliphatic hydroxyl groups excluding tert-OH is 1. The topological polar surface area (TPSA) is 136 Å². The molecule has 11 heteroatoms. The second-order valence-corrected chi connectivity index (χ2v) is 14.5. The van der Waals surface area contributed by atoms with Gasteiger partial charge in [-0.05, 0) is 98.7 Å². The first-order valence-corrected chi connectivity index (χ1v) is 18.2. The van der Waals surface area contributed by atoms with Crippen LogP contribution in [0, 0.1) is 33.6 Å². The van der Waals surface area contributed by atoms with Crippen LogP contribution in [-0.2, 0) is 4.79 Å². The molecular weight excluding hydrogens is 688 g/mol. The standard InChI is InChI=1S/C26H32N4O3.C16H13ClN2O/c1-16(2)14-22(32)26(33)30-12-10-29(11-13-30)25-19-9-8-17(3)15-20(19)27-24(28-25)23-18(4)6-5-7-21(23)31;1-9-6-7-11-12(8-9)18-16(19-15(11)17)14-10(2)4-3-5-13(14)20/h5-9,15-16,22,31-32H,10-14H2,1-4H3;3-8,20H,1-2H3/t22-;/m1./s1. The zero-order valence-corrected chi connectivity index (χ0v) is 31.7. The van der Waals surface area contributed by atoms with Gasteiger partial charge in [-0.2, -0.15) is 0 Å². The molecule has 0 aliphatic carbocycles. The Bertz CT molecular complexity index is 2260. The van der Waals surface area contributed by atoms with Gasteiger partial charge in [-0.1, -0.05) is 61.8 Å². The van der Waals surface area contributed by atoms with Gasteiger partial charge in [-0.15, -0.1) is 0 Å². The number of rotatable bonds is 6. The third kappa shape index (κ3) is 8.19. The van der Waals surface area contributed by atoms with Crippen molar-refractivity contribution >= 4 is 45.1 Å². The molecule has 1 saturated heterocycles. The average molecular weight is 733 g/mol. The maximum absolute atomic E-state index is 12.6. The number of aryl methyl sites for hydroxylation is 4. The van der Waals surface area contributed by atoms with Gasteiger partial charge in [0.25, 0.3) is 5.91 Å². The lowest BCUT2D eigenvalue weighted by molar-refractivity contribution is -0.141. The van der Waals surface area contributed by atoms with E-state index in [-0.39, 0.29) is 23.3 Å². The molecule has 1 amide bonds. The first-order valence-electron chi connectivity index (χ1n) is 17.8. The molecule has 0 unspecified atom stereocenters. The number of phenolic OH excluding ortho intramolecular Hbond substituents is 2. The molecule has 0 saturated carbocycles. The fourth-order valence-corrected chi connectivity index (χ4v) is 6.91. The van der Waals surface area contributed by atoms with Crippen LogP contribution in [0.15, 0.2) is 72.8 Å². The highest BCUT2D eigenvalue weighted by Crippen LogP contribution is 2.35. The molecule has 1 atom stereocenters. The Morgan fingerprint density at radius 2 is 1.23 bits per heavy atom. The minimum Gasteiger partial charge on any atom is -0.507 e. The largest absolute Gasteiger partial charge is 0.507 e. The first-order chi connectivity index (χ1) is 25.3. The highest BCUT2D eigenvalue weighted by atomic mass is 35.5. The van der Waals surface area contributed by atoms with Crippen molar-refractivity contribution in [2.75, 3.05) is 31.1 Å². The van der Waals surface area contributed by atoms with Crippen LogP contribution in [0.5, 0.6) is 11.5 Å². The molecule has 0 spiro atoms. The highest BCUT2D eigenvalue weighted by Gasteiger charge is 2.28. The van der Waals surface area contributed by atoms with E-state index in [4.69, 9.17) is 21.6 Å². The predicted octanol–water partition coefficient (Wildman–Crippen LogP) is 7.95. The molecule has 2 aromatic heterocycles. The number of hydrogen-bond acceptors (Lipinski definition) is 9. The van der Waals surface area contributed by atoms with Crippen molar-refractivity contribution in [1.82, 2.24) is 24.8 Å². The van der Waals surface area contributed by atoms with Gasteiger partial charge in [-0.3, -0.25) is 4.79 Å². The van der Waals surface area contributed by atoms with Crippen LogP contribution in [-0.4, -0.2) is 78.3 Å². The first kappa shape index (κ1) is 37.4. The van der Waals surface area contributed by atoms with Gasteiger partial charge in [-0.25, -0.2) is 19.9 Å². The predicted molar refractivity (Wildman–Crippen MR) is 211 cm³/mol. The number of carbonyl (C=O) groups excluding carboxylic acids is 1. The number of amides is 1. The fourth-order valence-electron chi connectivity index (χ4n) is 6.67. The summed E-state index contributed by atoms with van der Waals surface area (Å²) in [5, 5.41) is 33.0. The lowest BCUT2D eigenvalue weighted by Crippen LogP contribution is -2.52. The van der Waals surface area contributed by atoms with Crippen molar-refractivity contribution in [3.8, 4) is 34.3 Å². The van der Waals surface area contributed by atoms with Gasteiger partial charge in [0.15, 0.2) is 11.6 Å². The Labute approximate surface area is 314 Å². The van der Waals surface area contributed by atoms with Crippen molar-refractivity contribution < 1.29 is 20.1 Å². The van der Waals surface area contributed by atoms with Gasteiger partial charge in [0.05, 0.1) is 22.2 Å². The number of halogens is 1. The Balaban J connectivity index is 0.000000204. The number of aromatic hydroxyl groups is 2. The number of aliphatic hydroxyl groups is 1. The summed E-state index contributed by atoms with van der Waals surface area (Å²) in [5.74, 6) is 2.12. The molecule has 3 heterocycles. The van der Waals surface area contributed by atoms with Crippen LogP contribution in [0.25, 0.3) is 44.6 Å². The molecule has 0 radical (unpaired) electrons. The maximum Gasteiger partial charge on any atom is 0.251 e. The number of benzene rings is 4. The number of phenols is 2. The van der Waals surface area contributed by atoms with E-state index < -0.39 is 6.10 Å². The minimum atomic E-state index is -0.949. The van der Waals surface area contributed by atoms with Crippen molar-refractivity contribution in [3.63, 3.8) is 0 Å². The quantitative estimate of drug-likeness (QED) is 0.146. The molecule has 7 rings (SSSR count). The van der Waals surface area contributed by atoms with Gasteiger partial charge in [0.1, 0.15) is 28.6 Å².